The highest BCUT2D eigenvalue weighted by atomic mass is 16.1. The SMILES string of the molecule is O=C(CCc1ccccc1)N[C@H](Cc1ccccc1)c1nc2ccccc2[nH]1. The lowest BCUT2D eigenvalue weighted by Gasteiger charge is -2.17. The summed E-state index contributed by atoms with van der Waals surface area (Å²) < 4.78 is 0. The smallest absolute Gasteiger partial charge is 0.220 e. The molecule has 1 amide bonds. The van der Waals surface area contributed by atoms with Crippen molar-refractivity contribution in [2.45, 2.75) is 25.3 Å². The fraction of sp³-hybridized carbons (Fsp3) is 0.167. The maximum absolute atomic E-state index is 12.7. The van der Waals surface area contributed by atoms with Gasteiger partial charge in [0.05, 0.1) is 17.1 Å². The molecule has 0 radical (unpaired) electrons. The third-order valence-corrected chi connectivity index (χ3v) is 4.84. The molecule has 0 aliphatic rings. The molecule has 0 saturated carbocycles. The second-order valence-corrected chi connectivity index (χ2v) is 6.93. The van der Waals surface area contributed by atoms with Crippen LogP contribution in [0.2, 0.25) is 0 Å². The first-order chi connectivity index (χ1) is 13.8. The number of nitrogens with one attached hydrogen (secondary N) is 2. The lowest BCUT2D eigenvalue weighted by Crippen LogP contribution is -2.31. The third-order valence-electron chi connectivity index (χ3n) is 4.84. The van der Waals surface area contributed by atoms with Crippen molar-refractivity contribution in [1.29, 1.82) is 0 Å². The molecule has 1 aromatic heterocycles. The fourth-order valence-corrected chi connectivity index (χ4v) is 3.37. The standard InChI is InChI=1S/C24H23N3O/c28-23(16-15-18-9-3-1-4-10-18)25-22(17-19-11-5-2-6-12-19)24-26-20-13-7-8-14-21(20)27-24/h1-14,22H,15-17H2,(H,25,28)(H,26,27)/t22-/m1/s1. The van der Waals surface area contributed by atoms with Crippen molar-refractivity contribution >= 4 is 16.9 Å². The third kappa shape index (κ3) is 4.46. The van der Waals surface area contributed by atoms with Gasteiger partial charge in [0.15, 0.2) is 0 Å². The summed E-state index contributed by atoms with van der Waals surface area (Å²) in [5, 5.41) is 3.18. The minimum atomic E-state index is -0.196. The molecule has 1 atom stereocenters. The van der Waals surface area contributed by atoms with Crippen LogP contribution in [0.3, 0.4) is 0 Å². The molecule has 4 heteroatoms. The molecule has 4 nitrogen and oxygen atoms in total. The lowest BCUT2D eigenvalue weighted by atomic mass is 10.0. The Balaban J connectivity index is 1.51. The molecule has 3 aromatic carbocycles. The Labute approximate surface area is 164 Å². The van der Waals surface area contributed by atoms with Gasteiger partial charge in [0.1, 0.15) is 5.82 Å². The number of nitrogens with zero attached hydrogens (tertiary/aromatic N) is 1. The average Bonchev–Trinajstić information content (AvgIpc) is 3.18. The predicted octanol–water partition coefficient (Wildman–Crippen LogP) is 4.60. The van der Waals surface area contributed by atoms with Crippen LogP contribution in [-0.2, 0) is 17.6 Å². The molecule has 4 aromatic rings. The Morgan fingerprint density at radius 2 is 1.50 bits per heavy atom. The predicted molar refractivity (Wildman–Crippen MR) is 112 cm³/mol. The first kappa shape index (κ1) is 18.0. The second kappa shape index (κ2) is 8.53. The molecule has 0 bridgehead atoms. The van der Waals surface area contributed by atoms with Gasteiger partial charge in [-0.2, -0.15) is 0 Å². The van der Waals surface area contributed by atoms with Crippen LogP contribution in [0.4, 0.5) is 0 Å². The molecule has 0 saturated heterocycles. The summed E-state index contributed by atoms with van der Waals surface area (Å²) in [5.41, 5.74) is 4.22. The molecule has 0 fully saturated rings. The van der Waals surface area contributed by atoms with E-state index in [2.05, 4.69) is 22.4 Å². The first-order valence-electron chi connectivity index (χ1n) is 9.60. The van der Waals surface area contributed by atoms with Crippen molar-refractivity contribution in [3.63, 3.8) is 0 Å². The van der Waals surface area contributed by atoms with Crippen LogP contribution in [-0.4, -0.2) is 15.9 Å². The summed E-state index contributed by atoms with van der Waals surface area (Å²) in [4.78, 5) is 20.7. The number of hydrogen-bond donors (Lipinski definition) is 2. The van der Waals surface area contributed by atoms with Gasteiger partial charge in [-0.25, -0.2) is 4.98 Å². The number of imidazole rings is 1. The number of amides is 1. The Hall–Kier alpha value is -3.40. The van der Waals surface area contributed by atoms with E-state index in [4.69, 9.17) is 4.98 Å². The number of aromatic amines is 1. The molecule has 2 N–H and O–H groups in total. The van der Waals surface area contributed by atoms with Gasteiger partial charge in [0, 0.05) is 6.42 Å². The van der Waals surface area contributed by atoms with Crippen molar-refractivity contribution in [3.8, 4) is 0 Å². The monoisotopic (exact) mass is 369 g/mol. The Kier molecular flexibility index (Phi) is 5.48. The minimum Gasteiger partial charge on any atom is -0.346 e. The quantitative estimate of drug-likeness (QED) is 0.500. The van der Waals surface area contributed by atoms with Gasteiger partial charge in [-0.05, 0) is 36.1 Å². The zero-order valence-electron chi connectivity index (χ0n) is 15.6. The van der Waals surface area contributed by atoms with E-state index in [1.807, 2.05) is 72.8 Å². The molecule has 0 unspecified atom stereocenters. The molecule has 1 heterocycles. The maximum atomic E-state index is 12.7. The maximum Gasteiger partial charge on any atom is 0.220 e. The van der Waals surface area contributed by atoms with Crippen molar-refractivity contribution < 1.29 is 4.79 Å². The van der Waals surface area contributed by atoms with Crippen molar-refractivity contribution in [2.24, 2.45) is 0 Å². The number of aryl methyl sites for hydroxylation is 1. The van der Waals surface area contributed by atoms with E-state index in [0.717, 1.165) is 28.8 Å². The summed E-state index contributed by atoms with van der Waals surface area (Å²) in [6.45, 7) is 0. The van der Waals surface area contributed by atoms with Gasteiger partial charge in [-0.1, -0.05) is 72.8 Å². The molecule has 0 aliphatic heterocycles. The van der Waals surface area contributed by atoms with E-state index in [0.29, 0.717) is 12.8 Å². The van der Waals surface area contributed by atoms with Gasteiger partial charge >= 0.3 is 0 Å². The number of benzene rings is 3. The highest BCUT2D eigenvalue weighted by Crippen LogP contribution is 2.20. The summed E-state index contributed by atoms with van der Waals surface area (Å²) >= 11 is 0. The van der Waals surface area contributed by atoms with Gasteiger partial charge in [-0.3, -0.25) is 4.79 Å². The summed E-state index contributed by atoms with van der Waals surface area (Å²) in [6, 6.07) is 28.0. The zero-order chi connectivity index (χ0) is 19.2. The van der Waals surface area contributed by atoms with Crippen LogP contribution in [0.1, 0.15) is 29.4 Å². The summed E-state index contributed by atoms with van der Waals surface area (Å²) in [7, 11) is 0. The first-order valence-corrected chi connectivity index (χ1v) is 9.60. The van der Waals surface area contributed by atoms with Crippen LogP contribution in [0, 0.1) is 0 Å². The van der Waals surface area contributed by atoms with Crippen molar-refractivity contribution in [1.82, 2.24) is 15.3 Å². The number of H-pyrrole nitrogens is 1. The minimum absolute atomic E-state index is 0.0326. The molecular weight excluding hydrogens is 346 g/mol. The van der Waals surface area contributed by atoms with Gasteiger partial charge in [0.25, 0.3) is 0 Å². The van der Waals surface area contributed by atoms with Crippen LogP contribution in [0.25, 0.3) is 11.0 Å². The van der Waals surface area contributed by atoms with Crippen LogP contribution in [0.15, 0.2) is 84.9 Å². The van der Waals surface area contributed by atoms with Crippen molar-refractivity contribution in [3.05, 3.63) is 102 Å². The Morgan fingerprint density at radius 1 is 0.857 bits per heavy atom. The number of carbonyl (C=O) groups excluding carboxylic acids is 1. The van der Waals surface area contributed by atoms with Crippen molar-refractivity contribution in [2.75, 3.05) is 0 Å². The molecule has 0 aliphatic carbocycles. The fourth-order valence-electron chi connectivity index (χ4n) is 3.37. The zero-order valence-corrected chi connectivity index (χ0v) is 15.6. The largest absolute Gasteiger partial charge is 0.346 e. The number of hydrogen-bond acceptors (Lipinski definition) is 2. The van der Waals surface area contributed by atoms with E-state index in [1.54, 1.807) is 0 Å². The number of aromatic nitrogens is 2. The normalized spacial score (nSPS) is 12.0. The van der Waals surface area contributed by atoms with Crippen LogP contribution < -0.4 is 5.32 Å². The van der Waals surface area contributed by atoms with Gasteiger partial charge < -0.3 is 10.3 Å². The average molecular weight is 369 g/mol. The van der Waals surface area contributed by atoms with Crippen LogP contribution >= 0.6 is 0 Å². The number of para-hydroxylation sites is 2. The van der Waals surface area contributed by atoms with Gasteiger partial charge in [-0.15, -0.1) is 0 Å². The lowest BCUT2D eigenvalue weighted by molar-refractivity contribution is -0.121. The molecular formula is C24H23N3O. The molecule has 28 heavy (non-hydrogen) atoms. The number of fused-ring (bicyclic) bond motifs is 1. The highest BCUT2D eigenvalue weighted by Gasteiger charge is 2.19. The van der Waals surface area contributed by atoms with E-state index < -0.39 is 0 Å². The molecule has 4 rings (SSSR count). The Bertz CT molecular complexity index is 1010. The van der Waals surface area contributed by atoms with E-state index in [9.17, 15) is 4.79 Å². The highest BCUT2D eigenvalue weighted by molar-refractivity contribution is 5.77. The Morgan fingerprint density at radius 3 is 2.21 bits per heavy atom. The van der Waals surface area contributed by atoms with Crippen LogP contribution in [0.5, 0.6) is 0 Å². The van der Waals surface area contributed by atoms with E-state index >= 15 is 0 Å². The summed E-state index contributed by atoms with van der Waals surface area (Å²) in [6.07, 6.45) is 1.87. The molecule has 0 spiro atoms. The number of rotatable bonds is 7. The second-order valence-electron chi connectivity index (χ2n) is 6.93. The topological polar surface area (TPSA) is 57.8 Å². The summed E-state index contributed by atoms with van der Waals surface area (Å²) in [5.74, 6) is 0.823. The van der Waals surface area contributed by atoms with Gasteiger partial charge in [0.2, 0.25) is 5.91 Å². The van der Waals surface area contributed by atoms with E-state index in [-0.39, 0.29) is 11.9 Å². The molecule has 140 valence electrons. The van der Waals surface area contributed by atoms with E-state index in [1.165, 1.54) is 5.56 Å². The number of carbonyl (C=O) groups is 1.